The molecule has 2 N–H and O–H groups in total. The molecule has 1 fully saturated rings. The van der Waals surface area contributed by atoms with E-state index in [2.05, 4.69) is 6.92 Å². The van der Waals surface area contributed by atoms with Crippen LogP contribution in [0.2, 0.25) is 0 Å². The van der Waals surface area contributed by atoms with Crippen molar-refractivity contribution in [3.05, 3.63) is 0 Å². The standard InChI is InChI=1S/C18H39NO3Si/c1-16(9-12-18(23)11-6-7-15-22-18)8-4-5-10-17(20-2,21-3)13-14-19/h16H,4-15,19H2,1-3,23H3. The van der Waals surface area contributed by atoms with Gasteiger partial charge in [0.2, 0.25) is 0 Å². The van der Waals surface area contributed by atoms with Crippen LogP contribution in [0.5, 0.6) is 0 Å². The molecule has 0 aromatic heterocycles. The van der Waals surface area contributed by atoms with Crippen molar-refractivity contribution in [2.45, 2.75) is 82.1 Å². The predicted octanol–water partition coefficient (Wildman–Crippen LogP) is 2.56. The largest absolute Gasteiger partial charge is 0.380 e. The van der Waals surface area contributed by atoms with Crippen LogP contribution in [0, 0.1) is 5.92 Å². The highest BCUT2D eigenvalue weighted by atomic mass is 28.1. The highest BCUT2D eigenvalue weighted by molar-refractivity contribution is 6.14. The van der Waals surface area contributed by atoms with E-state index in [1.54, 1.807) is 14.2 Å². The van der Waals surface area contributed by atoms with E-state index in [0.717, 1.165) is 31.8 Å². The van der Waals surface area contributed by atoms with Gasteiger partial charge in [0.25, 0.3) is 0 Å². The number of unbranched alkanes of at least 4 members (excludes halogenated alkanes) is 1. The van der Waals surface area contributed by atoms with Crippen molar-refractivity contribution < 1.29 is 14.2 Å². The quantitative estimate of drug-likeness (QED) is 0.335. The highest BCUT2D eigenvalue weighted by Crippen LogP contribution is 2.29. The number of methoxy groups -OCH3 is 2. The summed E-state index contributed by atoms with van der Waals surface area (Å²) >= 11 is 0. The fourth-order valence-corrected chi connectivity index (χ4v) is 4.45. The summed E-state index contributed by atoms with van der Waals surface area (Å²) in [5.41, 5.74) is 5.67. The Morgan fingerprint density at radius 3 is 2.48 bits per heavy atom. The highest BCUT2D eigenvalue weighted by Gasteiger charge is 2.29. The maximum absolute atomic E-state index is 6.06. The Bertz CT molecular complexity index is 305. The minimum Gasteiger partial charge on any atom is -0.380 e. The molecular weight excluding hydrogens is 306 g/mol. The molecule has 1 aliphatic rings. The van der Waals surface area contributed by atoms with Crippen molar-refractivity contribution in [3.63, 3.8) is 0 Å². The maximum Gasteiger partial charge on any atom is 0.168 e. The molecule has 5 heteroatoms. The Morgan fingerprint density at radius 2 is 1.91 bits per heavy atom. The summed E-state index contributed by atoms with van der Waals surface area (Å²) in [4.78, 5) is 0. The van der Waals surface area contributed by atoms with Crippen LogP contribution in [0.4, 0.5) is 0 Å². The van der Waals surface area contributed by atoms with Crippen LogP contribution in [-0.2, 0) is 14.2 Å². The van der Waals surface area contributed by atoms with E-state index < -0.39 is 5.79 Å². The molecule has 2 atom stereocenters. The molecule has 0 aromatic carbocycles. The summed E-state index contributed by atoms with van der Waals surface area (Å²) in [6.07, 6.45) is 11.8. The van der Waals surface area contributed by atoms with E-state index in [0.29, 0.717) is 6.54 Å². The number of hydrogen-bond acceptors (Lipinski definition) is 4. The summed E-state index contributed by atoms with van der Waals surface area (Å²) < 4.78 is 17.2. The second kappa shape index (κ2) is 10.8. The molecule has 0 aromatic rings. The first-order valence-corrected chi connectivity index (χ1v) is 10.4. The Labute approximate surface area is 146 Å². The lowest BCUT2D eigenvalue weighted by molar-refractivity contribution is -0.214. The topological polar surface area (TPSA) is 53.7 Å². The van der Waals surface area contributed by atoms with Crippen LogP contribution in [-0.4, -0.2) is 48.6 Å². The fourth-order valence-electron chi connectivity index (χ4n) is 3.61. The Morgan fingerprint density at radius 1 is 1.17 bits per heavy atom. The van der Waals surface area contributed by atoms with Crippen molar-refractivity contribution in [3.8, 4) is 0 Å². The van der Waals surface area contributed by atoms with Crippen LogP contribution in [0.15, 0.2) is 0 Å². The van der Waals surface area contributed by atoms with Crippen LogP contribution < -0.4 is 5.73 Å². The molecule has 0 aliphatic carbocycles. The lowest BCUT2D eigenvalue weighted by atomic mass is 9.93. The first-order chi connectivity index (χ1) is 11.0. The third kappa shape index (κ3) is 7.65. The van der Waals surface area contributed by atoms with E-state index in [1.165, 1.54) is 55.2 Å². The average molecular weight is 346 g/mol. The van der Waals surface area contributed by atoms with Gasteiger partial charge in [-0.15, -0.1) is 0 Å². The van der Waals surface area contributed by atoms with Crippen molar-refractivity contribution in [1.82, 2.24) is 0 Å². The second-order valence-electron chi connectivity index (χ2n) is 7.50. The maximum atomic E-state index is 6.06. The zero-order valence-corrected chi connectivity index (χ0v) is 17.9. The normalized spacial score (nSPS) is 24.0. The molecule has 1 rings (SSSR count). The lowest BCUT2D eigenvalue weighted by Crippen LogP contribution is -2.37. The molecule has 0 spiro atoms. The molecule has 0 saturated carbocycles. The van der Waals surface area contributed by atoms with E-state index in [4.69, 9.17) is 19.9 Å². The Balaban J connectivity index is 2.19. The van der Waals surface area contributed by atoms with Gasteiger partial charge in [0, 0.05) is 49.1 Å². The van der Waals surface area contributed by atoms with Gasteiger partial charge in [-0.3, -0.25) is 0 Å². The average Bonchev–Trinajstić information content (AvgIpc) is 2.57. The van der Waals surface area contributed by atoms with Crippen LogP contribution in [0.3, 0.4) is 0 Å². The van der Waals surface area contributed by atoms with Crippen molar-refractivity contribution >= 4 is 10.2 Å². The van der Waals surface area contributed by atoms with Crippen LogP contribution >= 0.6 is 0 Å². The van der Waals surface area contributed by atoms with Gasteiger partial charge in [-0.05, 0) is 51.0 Å². The fraction of sp³-hybridized carbons (Fsp3) is 1.00. The molecule has 138 valence electrons. The summed E-state index contributed by atoms with van der Waals surface area (Å²) in [5.74, 6) is 0.299. The minimum absolute atomic E-state index is 0.273. The summed E-state index contributed by atoms with van der Waals surface area (Å²) in [6, 6.07) is 0. The minimum atomic E-state index is -0.479. The van der Waals surface area contributed by atoms with Gasteiger partial charge < -0.3 is 19.9 Å². The molecule has 0 radical (unpaired) electrons. The lowest BCUT2D eigenvalue weighted by Gasteiger charge is -2.35. The van der Waals surface area contributed by atoms with Gasteiger partial charge in [-0.2, -0.15) is 0 Å². The van der Waals surface area contributed by atoms with Gasteiger partial charge in [0.1, 0.15) is 0 Å². The molecule has 1 heterocycles. The number of rotatable bonds is 12. The Kier molecular flexibility index (Phi) is 9.93. The van der Waals surface area contributed by atoms with Gasteiger partial charge in [0.05, 0.1) is 0 Å². The van der Waals surface area contributed by atoms with E-state index >= 15 is 0 Å². The van der Waals surface area contributed by atoms with Crippen molar-refractivity contribution in [2.75, 3.05) is 27.4 Å². The number of hydrogen-bond donors (Lipinski definition) is 1. The summed E-state index contributed by atoms with van der Waals surface area (Å²) in [7, 11) is 4.61. The second-order valence-corrected chi connectivity index (χ2v) is 9.33. The first kappa shape index (κ1) is 21.1. The molecule has 23 heavy (non-hydrogen) atoms. The van der Waals surface area contributed by atoms with Crippen LogP contribution in [0.1, 0.15) is 71.1 Å². The smallest absolute Gasteiger partial charge is 0.168 e. The van der Waals surface area contributed by atoms with E-state index in [1.807, 2.05) is 0 Å². The van der Waals surface area contributed by atoms with Crippen molar-refractivity contribution in [1.29, 1.82) is 0 Å². The molecule has 2 unspecified atom stereocenters. The van der Waals surface area contributed by atoms with Gasteiger partial charge in [-0.1, -0.05) is 19.8 Å². The molecule has 1 saturated heterocycles. The first-order valence-electron chi connectivity index (χ1n) is 9.43. The predicted molar refractivity (Wildman–Crippen MR) is 99.8 cm³/mol. The number of nitrogens with two attached hydrogens (primary N) is 1. The summed E-state index contributed by atoms with van der Waals surface area (Å²) in [5, 5.41) is 0.273. The van der Waals surface area contributed by atoms with Gasteiger partial charge in [-0.25, -0.2) is 0 Å². The third-order valence-electron chi connectivity index (χ3n) is 5.49. The van der Waals surface area contributed by atoms with E-state index in [9.17, 15) is 0 Å². The molecule has 1 aliphatic heterocycles. The monoisotopic (exact) mass is 345 g/mol. The summed E-state index contributed by atoms with van der Waals surface area (Å²) in [6.45, 7) is 3.96. The van der Waals surface area contributed by atoms with Crippen LogP contribution in [0.25, 0.3) is 0 Å². The third-order valence-corrected chi connectivity index (χ3v) is 6.78. The number of ether oxygens (including phenoxy) is 3. The zero-order valence-electron chi connectivity index (χ0n) is 15.9. The SMILES string of the molecule is COC(CCN)(CCCCC(C)CCC1([SiH3])CCCCO1)OC. The zero-order chi connectivity index (χ0) is 17.2. The molecular formula is C18H39NO3Si. The van der Waals surface area contributed by atoms with Gasteiger partial charge >= 0.3 is 0 Å². The Hall–Kier alpha value is 0.0569. The van der Waals surface area contributed by atoms with E-state index in [-0.39, 0.29) is 5.22 Å². The molecule has 0 amide bonds. The van der Waals surface area contributed by atoms with Crippen molar-refractivity contribution in [2.24, 2.45) is 11.7 Å². The molecule has 0 bridgehead atoms. The van der Waals surface area contributed by atoms with Gasteiger partial charge in [0.15, 0.2) is 5.79 Å². The molecule has 4 nitrogen and oxygen atoms in total.